The van der Waals surface area contributed by atoms with Crippen LogP contribution >= 0.6 is 0 Å². The number of H-pyrrole nitrogens is 1. The van der Waals surface area contributed by atoms with Gasteiger partial charge >= 0.3 is 0 Å². The quantitative estimate of drug-likeness (QED) is 0.558. The zero-order valence-electron chi connectivity index (χ0n) is 11.4. The van der Waals surface area contributed by atoms with Crippen molar-refractivity contribution in [2.45, 2.75) is 13.3 Å². The first-order chi connectivity index (χ1) is 10.1. The lowest BCUT2D eigenvalue weighted by atomic mass is 10.1. The number of anilines is 2. The Morgan fingerprint density at radius 1 is 1.48 bits per heavy atom. The number of nitrogens with one attached hydrogen (secondary N) is 3. The van der Waals surface area contributed by atoms with E-state index in [2.05, 4.69) is 20.6 Å². The molecule has 3 N–H and O–H groups in total. The average Bonchev–Trinajstić information content (AvgIpc) is 2.97. The predicted octanol–water partition coefficient (Wildman–Crippen LogP) is 2.39. The van der Waals surface area contributed by atoms with Crippen LogP contribution in [0.4, 0.5) is 17.3 Å². The van der Waals surface area contributed by atoms with Crippen molar-refractivity contribution in [3.8, 4) is 0 Å². The molecule has 0 radical (unpaired) electrons. The molecule has 0 saturated carbocycles. The zero-order valence-corrected chi connectivity index (χ0v) is 11.4. The molecule has 0 spiro atoms. The van der Waals surface area contributed by atoms with Gasteiger partial charge in [-0.15, -0.1) is 0 Å². The number of imidazole rings is 1. The molecule has 110 valence electrons. The van der Waals surface area contributed by atoms with Crippen molar-refractivity contribution in [3.63, 3.8) is 0 Å². The molecule has 8 nitrogen and oxygen atoms in total. The highest BCUT2D eigenvalue weighted by Gasteiger charge is 2.17. The van der Waals surface area contributed by atoms with Gasteiger partial charge in [0, 0.05) is 30.6 Å². The second-order valence-electron chi connectivity index (χ2n) is 4.31. The molecule has 0 aliphatic carbocycles. The number of carbonyl (C=O) groups is 1. The largest absolute Gasteiger partial charge is 0.380 e. The average molecular weight is 289 g/mol. The highest BCUT2D eigenvalue weighted by Crippen LogP contribution is 2.25. The maximum atomic E-state index is 12.0. The summed E-state index contributed by atoms with van der Waals surface area (Å²) in [5, 5.41) is 16.6. The summed E-state index contributed by atoms with van der Waals surface area (Å²) in [6.07, 6.45) is 3.91. The Morgan fingerprint density at radius 3 is 2.90 bits per heavy atom. The SMILES string of the molecule is CCCNc1ccc(C(=O)Nc2ncc[nH]2)cc1[N+](=O)[O-]. The van der Waals surface area contributed by atoms with E-state index >= 15 is 0 Å². The molecule has 1 amide bonds. The van der Waals surface area contributed by atoms with Gasteiger partial charge in [0.25, 0.3) is 11.6 Å². The Balaban J connectivity index is 2.22. The van der Waals surface area contributed by atoms with Crippen LogP contribution in [0.15, 0.2) is 30.6 Å². The number of nitro benzene ring substituents is 1. The topological polar surface area (TPSA) is 113 Å². The van der Waals surface area contributed by atoms with Gasteiger partial charge in [-0.1, -0.05) is 6.92 Å². The standard InChI is InChI=1S/C13H15N5O3/c1-2-5-14-10-4-3-9(8-11(10)18(20)21)12(19)17-13-15-6-7-16-13/h3-4,6-8,14H,2,5H2,1H3,(H2,15,16,17,19). The Labute approximate surface area is 120 Å². The van der Waals surface area contributed by atoms with Crippen molar-refractivity contribution in [2.24, 2.45) is 0 Å². The van der Waals surface area contributed by atoms with Crippen molar-refractivity contribution in [3.05, 3.63) is 46.3 Å². The Morgan fingerprint density at radius 2 is 2.29 bits per heavy atom. The van der Waals surface area contributed by atoms with E-state index in [1.54, 1.807) is 6.20 Å². The van der Waals surface area contributed by atoms with Crippen LogP contribution in [0.2, 0.25) is 0 Å². The van der Waals surface area contributed by atoms with Gasteiger partial charge in [0.05, 0.1) is 4.92 Å². The first-order valence-corrected chi connectivity index (χ1v) is 6.45. The third kappa shape index (κ3) is 3.56. The van der Waals surface area contributed by atoms with Crippen LogP contribution in [0.25, 0.3) is 0 Å². The monoisotopic (exact) mass is 289 g/mol. The van der Waals surface area contributed by atoms with Crippen LogP contribution in [0, 0.1) is 10.1 Å². The highest BCUT2D eigenvalue weighted by molar-refractivity contribution is 6.04. The van der Waals surface area contributed by atoms with Crippen molar-refractivity contribution < 1.29 is 9.72 Å². The smallest absolute Gasteiger partial charge is 0.293 e. The number of aromatic nitrogens is 2. The molecule has 0 saturated heterocycles. The van der Waals surface area contributed by atoms with Crippen LogP contribution in [0.1, 0.15) is 23.7 Å². The first-order valence-electron chi connectivity index (χ1n) is 6.45. The second-order valence-corrected chi connectivity index (χ2v) is 4.31. The number of hydrogen-bond acceptors (Lipinski definition) is 5. The molecule has 1 heterocycles. The summed E-state index contributed by atoms with van der Waals surface area (Å²) in [5.41, 5.74) is 0.465. The molecular formula is C13H15N5O3. The normalized spacial score (nSPS) is 10.1. The summed E-state index contributed by atoms with van der Waals surface area (Å²) in [6.45, 7) is 2.59. The van der Waals surface area contributed by atoms with E-state index in [-0.39, 0.29) is 17.2 Å². The van der Waals surface area contributed by atoms with Crippen LogP contribution in [0.3, 0.4) is 0 Å². The van der Waals surface area contributed by atoms with Crippen LogP contribution in [-0.4, -0.2) is 27.3 Å². The zero-order chi connectivity index (χ0) is 15.2. The molecule has 2 rings (SSSR count). The molecule has 0 fully saturated rings. The Hall–Kier alpha value is -2.90. The van der Waals surface area contributed by atoms with E-state index in [0.29, 0.717) is 12.2 Å². The molecule has 0 aliphatic heterocycles. The number of hydrogen-bond donors (Lipinski definition) is 3. The number of benzene rings is 1. The summed E-state index contributed by atoms with van der Waals surface area (Å²) in [6, 6.07) is 4.31. The summed E-state index contributed by atoms with van der Waals surface area (Å²) < 4.78 is 0. The summed E-state index contributed by atoms with van der Waals surface area (Å²) in [4.78, 5) is 29.2. The number of nitrogens with zero attached hydrogens (tertiary/aromatic N) is 2. The molecule has 0 bridgehead atoms. The third-order valence-electron chi connectivity index (χ3n) is 2.75. The fraction of sp³-hybridized carbons (Fsp3) is 0.231. The van der Waals surface area contributed by atoms with Crippen LogP contribution in [0.5, 0.6) is 0 Å². The van der Waals surface area contributed by atoms with Gasteiger partial charge in [-0.25, -0.2) is 4.98 Å². The Kier molecular flexibility index (Phi) is 4.50. The van der Waals surface area contributed by atoms with Crippen molar-refractivity contribution in [1.29, 1.82) is 0 Å². The second kappa shape index (κ2) is 6.51. The van der Waals surface area contributed by atoms with Crippen LogP contribution < -0.4 is 10.6 Å². The van der Waals surface area contributed by atoms with Gasteiger partial charge in [0.15, 0.2) is 0 Å². The fourth-order valence-electron chi connectivity index (χ4n) is 1.75. The number of aromatic amines is 1. The van der Waals surface area contributed by atoms with Gasteiger partial charge in [0.2, 0.25) is 5.95 Å². The van der Waals surface area contributed by atoms with Crippen molar-refractivity contribution in [2.75, 3.05) is 17.2 Å². The van der Waals surface area contributed by atoms with Gasteiger partial charge in [-0.05, 0) is 18.6 Å². The first kappa shape index (κ1) is 14.5. The van der Waals surface area contributed by atoms with Gasteiger partial charge < -0.3 is 10.3 Å². The molecule has 1 aromatic carbocycles. The van der Waals surface area contributed by atoms with Gasteiger partial charge in [-0.3, -0.25) is 20.2 Å². The molecule has 8 heteroatoms. The molecule has 0 unspecified atom stereocenters. The van der Waals surface area contributed by atoms with Crippen molar-refractivity contribution >= 4 is 23.2 Å². The van der Waals surface area contributed by atoms with E-state index < -0.39 is 10.8 Å². The summed E-state index contributed by atoms with van der Waals surface area (Å²) in [7, 11) is 0. The number of amides is 1. The van der Waals surface area contributed by atoms with E-state index in [0.717, 1.165) is 6.42 Å². The minimum atomic E-state index is -0.512. The number of carbonyl (C=O) groups excluding carboxylic acids is 1. The van der Waals surface area contributed by atoms with E-state index in [4.69, 9.17) is 0 Å². The lowest BCUT2D eigenvalue weighted by Gasteiger charge is -2.07. The molecule has 21 heavy (non-hydrogen) atoms. The fourth-order valence-corrected chi connectivity index (χ4v) is 1.75. The summed E-state index contributed by atoms with van der Waals surface area (Å²) >= 11 is 0. The van der Waals surface area contributed by atoms with E-state index in [1.807, 2.05) is 6.92 Å². The third-order valence-corrected chi connectivity index (χ3v) is 2.75. The minimum Gasteiger partial charge on any atom is -0.380 e. The predicted molar refractivity (Wildman–Crippen MR) is 78.4 cm³/mol. The molecule has 0 aliphatic rings. The maximum Gasteiger partial charge on any atom is 0.293 e. The molecule has 1 aromatic heterocycles. The molecule has 0 atom stereocenters. The molecule has 2 aromatic rings. The minimum absolute atomic E-state index is 0.129. The number of rotatable bonds is 6. The maximum absolute atomic E-state index is 12.0. The number of nitro groups is 1. The lowest BCUT2D eigenvalue weighted by molar-refractivity contribution is -0.384. The van der Waals surface area contributed by atoms with Gasteiger partial charge in [-0.2, -0.15) is 0 Å². The van der Waals surface area contributed by atoms with Crippen LogP contribution in [-0.2, 0) is 0 Å². The van der Waals surface area contributed by atoms with E-state index in [1.165, 1.54) is 24.4 Å². The highest BCUT2D eigenvalue weighted by atomic mass is 16.6. The Bertz CT molecular complexity index is 639. The van der Waals surface area contributed by atoms with Crippen molar-refractivity contribution in [1.82, 2.24) is 9.97 Å². The van der Waals surface area contributed by atoms with E-state index in [9.17, 15) is 14.9 Å². The lowest BCUT2D eigenvalue weighted by Crippen LogP contribution is -2.13. The van der Waals surface area contributed by atoms with Gasteiger partial charge in [0.1, 0.15) is 5.69 Å². The molecular weight excluding hydrogens is 274 g/mol. The summed E-state index contributed by atoms with van der Waals surface area (Å²) in [5.74, 6) is -0.175.